The van der Waals surface area contributed by atoms with E-state index in [4.69, 9.17) is 4.99 Å². The number of Topliss-reactive ketones (excluding diaryl/α,β-unsaturated/α-hetero) is 2. The number of rotatable bonds is 5. The molecule has 3 aromatic carbocycles. The third-order valence-corrected chi connectivity index (χ3v) is 5.75. The van der Waals surface area contributed by atoms with E-state index >= 15 is 0 Å². The molecule has 0 aliphatic carbocycles. The van der Waals surface area contributed by atoms with Crippen LogP contribution >= 0.6 is 0 Å². The number of benzene rings is 3. The highest BCUT2D eigenvalue weighted by Gasteiger charge is 2.24. The Balaban J connectivity index is 1.90. The second kappa shape index (κ2) is 8.27. The van der Waals surface area contributed by atoms with Crippen LogP contribution in [0, 0.1) is 13.8 Å². The van der Waals surface area contributed by atoms with E-state index in [1.165, 1.54) is 13.8 Å². The number of carbonyl (C=O) groups is 2. The van der Waals surface area contributed by atoms with Gasteiger partial charge in [-0.3, -0.25) is 14.6 Å². The number of phenolic OH excluding ortho intramolecular Hbond substituents is 1. The van der Waals surface area contributed by atoms with Gasteiger partial charge in [0.2, 0.25) is 0 Å². The molecule has 32 heavy (non-hydrogen) atoms. The molecule has 1 heterocycles. The summed E-state index contributed by atoms with van der Waals surface area (Å²) in [6.45, 7) is 6.64. The maximum absolute atomic E-state index is 12.3. The average Bonchev–Trinajstić information content (AvgIpc) is 3.03. The van der Waals surface area contributed by atoms with Crippen LogP contribution in [0.25, 0.3) is 16.5 Å². The maximum atomic E-state index is 12.3. The van der Waals surface area contributed by atoms with Crippen LogP contribution in [-0.2, 0) is 0 Å². The van der Waals surface area contributed by atoms with E-state index in [-0.39, 0.29) is 17.3 Å². The normalized spacial score (nSPS) is 11.4. The number of para-hydroxylation sites is 2. The lowest BCUT2D eigenvalue weighted by Gasteiger charge is -2.13. The summed E-state index contributed by atoms with van der Waals surface area (Å²) in [7, 11) is 0. The average molecular weight is 425 g/mol. The number of carbonyl (C=O) groups excluding carboxylic acids is 2. The number of aromatic nitrogens is 1. The van der Waals surface area contributed by atoms with Gasteiger partial charge in [-0.15, -0.1) is 0 Å². The SMILES string of the molecule is CC(=O)c1c(C(C)=O)c(C)n(-c2ccccc2N=Cc2c(O)ccc3ccccc23)c1C. The van der Waals surface area contributed by atoms with Crippen molar-refractivity contribution in [2.75, 3.05) is 0 Å². The molecule has 0 unspecified atom stereocenters. The van der Waals surface area contributed by atoms with E-state index in [0.717, 1.165) is 16.5 Å². The van der Waals surface area contributed by atoms with Crippen molar-refractivity contribution < 1.29 is 14.7 Å². The largest absolute Gasteiger partial charge is 0.507 e. The van der Waals surface area contributed by atoms with Crippen molar-refractivity contribution in [3.63, 3.8) is 0 Å². The molecular weight excluding hydrogens is 400 g/mol. The van der Waals surface area contributed by atoms with Gasteiger partial charge in [0, 0.05) is 34.3 Å². The number of aromatic hydroxyl groups is 1. The Labute approximate surface area is 186 Å². The zero-order valence-corrected chi connectivity index (χ0v) is 18.5. The lowest BCUT2D eigenvalue weighted by atomic mass is 10.0. The first-order valence-corrected chi connectivity index (χ1v) is 10.4. The van der Waals surface area contributed by atoms with Crippen molar-refractivity contribution in [3.05, 3.63) is 88.7 Å². The Kier molecular flexibility index (Phi) is 5.49. The molecule has 0 spiro atoms. The molecule has 1 aromatic heterocycles. The van der Waals surface area contributed by atoms with Crippen molar-refractivity contribution in [2.24, 2.45) is 4.99 Å². The first-order chi connectivity index (χ1) is 15.3. The number of phenols is 1. The van der Waals surface area contributed by atoms with E-state index < -0.39 is 0 Å². The van der Waals surface area contributed by atoms with Gasteiger partial charge in [0.25, 0.3) is 0 Å². The summed E-state index contributed by atoms with van der Waals surface area (Å²) in [5.41, 5.74) is 4.35. The van der Waals surface area contributed by atoms with Crippen molar-refractivity contribution >= 4 is 34.2 Å². The quantitative estimate of drug-likeness (QED) is 0.310. The van der Waals surface area contributed by atoms with Crippen LogP contribution in [0.3, 0.4) is 0 Å². The molecule has 0 amide bonds. The van der Waals surface area contributed by atoms with E-state index in [1.807, 2.05) is 73.0 Å². The molecule has 0 bridgehead atoms. The Hall–Kier alpha value is -3.99. The Morgan fingerprint density at radius 3 is 2.09 bits per heavy atom. The molecule has 0 saturated heterocycles. The smallest absolute Gasteiger partial charge is 0.162 e. The zero-order valence-electron chi connectivity index (χ0n) is 18.5. The third kappa shape index (κ3) is 3.52. The van der Waals surface area contributed by atoms with Crippen molar-refractivity contribution in [1.82, 2.24) is 4.57 Å². The van der Waals surface area contributed by atoms with E-state index in [1.54, 1.807) is 12.3 Å². The molecule has 0 fully saturated rings. The van der Waals surface area contributed by atoms with Crippen molar-refractivity contribution in [1.29, 1.82) is 0 Å². The number of hydrogen-bond donors (Lipinski definition) is 1. The Morgan fingerprint density at radius 2 is 1.44 bits per heavy atom. The summed E-state index contributed by atoms with van der Waals surface area (Å²) in [4.78, 5) is 29.3. The maximum Gasteiger partial charge on any atom is 0.162 e. The molecule has 0 radical (unpaired) electrons. The Morgan fingerprint density at radius 1 is 0.844 bits per heavy atom. The summed E-state index contributed by atoms with van der Waals surface area (Å²) < 4.78 is 1.91. The van der Waals surface area contributed by atoms with E-state index in [9.17, 15) is 14.7 Å². The van der Waals surface area contributed by atoms with Gasteiger partial charge in [0.1, 0.15) is 5.75 Å². The summed E-state index contributed by atoms with van der Waals surface area (Å²) >= 11 is 0. The molecule has 0 saturated carbocycles. The topological polar surface area (TPSA) is 71.7 Å². The molecule has 5 nitrogen and oxygen atoms in total. The molecular formula is C27H24N2O3. The molecule has 4 rings (SSSR count). The van der Waals surface area contributed by atoms with Crippen LogP contribution in [0.1, 0.15) is 51.5 Å². The molecule has 0 atom stereocenters. The minimum absolute atomic E-state index is 0.142. The minimum atomic E-state index is -0.142. The highest BCUT2D eigenvalue weighted by atomic mass is 16.3. The monoisotopic (exact) mass is 424 g/mol. The fraction of sp³-hybridized carbons (Fsp3) is 0.148. The molecule has 160 valence electrons. The predicted molar refractivity (Wildman–Crippen MR) is 128 cm³/mol. The van der Waals surface area contributed by atoms with Crippen LogP contribution in [0.5, 0.6) is 5.75 Å². The summed E-state index contributed by atoms with van der Waals surface area (Å²) in [6, 6.07) is 18.9. The lowest BCUT2D eigenvalue weighted by Crippen LogP contribution is -2.02. The first-order valence-electron chi connectivity index (χ1n) is 10.4. The van der Waals surface area contributed by atoms with Gasteiger partial charge in [-0.2, -0.15) is 0 Å². The number of nitrogens with zero attached hydrogens (tertiary/aromatic N) is 2. The lowest BCUT2D eigenvalue weighted by molar-refractivity contribution is 0.0981. The summed E-state index contributed by atoms with van der Waals surface area (Å²) in [5.74, 6) is -0.136. The highest BCUT2D eigenvalue weighted by molar-refractivity contribution is 6.09. The van der Waals surface area contributed by atoms with Crippen molar-refractivity contribution in [2.45, 2.75) is 27.7 Å². The molecule has 4 aromatic rings. The molecule has 0 aliphatic heterocycles. The molecule has 0 aliphatic rings. The van der Waals surface area contributed by atoms with Gasteiger partial charge in [0.15, 0.2) is 11.6 Å². The van der Waals surface area contributed by atoms with E-state index in [0.29, 0.717) is 33.8 Å². The number of hydrogen-bond acceptors (Lipinski definition) is 4. The van der Waals surface area contributed by atoms with Gasteiger partial charge in [-0.05, 0) is 56.7 Å². The second-order valence-electron chi connectivity index (χ2n) is 7.84. The summed E-state index contributed by atoms with van der Waals surface area (Å²) in [5, 5.41) is 12.4. The standard InChI is InChI=1S/C27H24N2O3/c1-16-26(18(3)30)27(19(4)31)17(2)29(16)24-12-8-7-11-23(24)28-15-22-21-10-6-5-9-20(21)13-14-25(22)32/h5-15,32H,1-4H3. The predicted octanol–water partition coefficient (Wildman–Crippen LogP) is 6.11. The van der Waals surface area contributed by atoms with Crippen LogP contribution in [0.4, 0.5) is 5.69 Å². The number of ketones is 2. The van der Waals surface area contributed by atoms with Crippen LogP contribution in [0.2, 0.25) is 0 Å². The Bertz CT molecular complexity index is 1370. The molecule has 5 heteroatoms. The fourth-order valence-corrected chi connectivity index (χ4v) is 4.38. The van der Waals surface area contributed by atoms with Gasteiger partial charge < -0.3 is 9.67 Å². The van der Waals surface area contributed by atoms with Gasteiger partial charge in [-0.25, -0.2) is 0 Å². The van der Waals surface area contributed by atoms with Crippen LogP contribution in [0.15, 0.2) is 65.7 Å². The van der Waals surface area contributed by atoms with E-state index in [2.05, 4.69) is 0 Å². The third-order valence-electron chi connectivity index (χ3n) is 5.75. The highest BCUT2D eigenvalue weighted by Crippen LogP contribution is 2.33. The van der Waals surface area contributed by atoms with Crippen molar-refractivity contribution in [3.8, 4) is 11.4 Å². The summed E-state index contributed by atoms with van der Waals surface area (Å²) in [6.07, 6.45) is 1.66. The van der Waals surface area contributed by atoms with Gasteiger partial charge in [-0.1, -0.05) is 42.5 Å². The zero-order chi connectivity index (χ0) is 23.0. The fourth-order valence-electron chi connectivity index (χ4n) is 4.38. The molecule has 1 N–H and O–H groups in total. The van der Waals surface area contributed by atoms with Gasteiger partial charge in [0.05, 0.1) is 11.4 Å². The van der Waals surface area contributed by atoms with Gasteiger partial charge >= 0.3 is 0 Å². The number of aliphatic imine (C=N–C) groups is 1. The van der Waals surface area contributed by atoms with Crippen LogP contribution < -0.4 is 0 Å². The first kappa shape index (κ1) is 21.2. The minimum Gasteiger partial charge on any atom is -0.507 e. The second-order valence-corrected chi connectivity index (χ2v) is 7.84. The number of fused-ring (bicyclic) bond motifs is 1. The van der Waals surface area contributed by atoms with Crippen LogP contribution in [-0.4, -0.2) is 27.5 Å².